The molecule has 3 fully saturated rings. The summed E-state index contributed by atoms with van der Waals surface area (Å²) in [6, 6.07) is 21.2. The van der Waals surface area contributed by atoms with E-state index in [9.17, 15) is 0 Å². The molecule has 278 valence electrons. The average Bonchev–Trinajstić information content (AvgIpc) is 3.80. The first kappa shape index (κ1) is 44.5. The Balaban J connectivity index is 0.000000955. The molecule has 2 aromatic carbocycles. The number of allylic oxidation sites excluding steroid dienone is 8. The van der Waals surface area contributed by atoms with Crippen molar-refractivity contribution in [3.63, 3.8) is 0 Å². The number of hydrogen-bond donors (Lipinski definition) is 0. The van der Waals surface area contributed by atoms with Crippen molar-refractivity contribution in [2.75, 3.05) is 0 Å². The predicted molar refractivity (Wildman–Crippen MR) is 229 cm³/mol. The van der Waals surface area contributed by atoms with E-state index in [1.807, 2.05) is 13.8 Å². The Kier molecular flexibility index (Phi) is 16.2. The van der Waals surface area contributed by atoms with E-state index < -0.39 is 28.9 Å². The third kappa shape index (κ3) is 8.82. The molecule has 5 aliphatic carbocycles. The third-order valence-corrected chi connectivity index (χ3v) is 18.3. The fourth-order valence-electron chi connectivity index (χ4n) is 11.4. The first-order valence-electron chi connectivity index (χ1n) is 19.3. The zero-order chi connectivity index (χ0) is 35.7. The summed E-state index contributed by atoms with van der Waals surface area (Å²) in [5, 5.41) is 0. The molecule has 5 aliphatic rings. The molecule has 0 N–H and O–H groups in total. The van der Waals surface area contributed by atoms with Gasteiger partial charge in [-0.1, -0.05) is 147 Å². The summed E-state index contributed by atoms with van der Waals surface area (Å²) in [5.74, 6) is 5.09. The molecule has 4 heteroatoms. The van der Waals surface area contributed by atoms with Gasteiger partial charge in [0.05, 0.1) is 8.07 Å². The van der Waals surface area contributed by atoms with Crippen LogP contribution in [0.15, 0.2) is 90.0 Å². The van der Waals surface area contributed by atoms with Crippen molar-refractivity contribution in [1.82, 2.24) is 0 Å². The fraction of sp³-hybridized carbons (Fsp3) is 0.532. The molecular weight excluding hydrogens is 755 g/mol. The predicted octanol–water partition coefficient (Wildman–Crippen LogP) is 15.4. The van der Waals surface area contributed by atoms with E-state index in [1.165, 1.54) is 48.8 Å². The topological polar surface area (TPSA) is 0 Å². The zero-order valence-electron chi connectivity index (χ0n) is 34.0. The van der Waals surface area contributed by atoms with Crippen molar-refractivity contribution in [1.29, 1.82) is 0 Å². The van der Waals surface area contributed by atoms with Crippen LogP contribution < -0.4 is 0 Å². The molecular formula is C47H68Cl2SiZr. The summed E-state index contributed by atoms with van der Waals surface area (Å²) >= 11 is -0.826. The van der Waals surface area contributed by atoms with Crippen LogP contribution in [-0.4, -0.2) is 8.07 Å². The SMILES string of the molecule is CC.CC(C)C1CC2C(c3ccc(C(C)(C)C)cc3)=CC=CC2C1[Si](C)(C)C1C(C)CC2C(c3ccccc3)=C3CCCC3=CC21.[CH3-].[CH3-].[Cl][Zr+2][Cl]. The van der Waals surface area contributed by atoms with E-state index in [2.05, 4.69) is 134 Å². The maximum absolute atomic E-state index is 4.93. The number of rotatable bonds is 5. The quantitative estimate of drug-likeness (QED) is 0.208. The second kappa shape index (κ2) is 18.6. The number of fused-ring (bicyclic) bond motifs is 3. The van der Waals surface area contributed by atoms with Gasteiger partial charge in [-0.25, -0.2) is 0 Å². The summed E-state index contributed by atoms with van der Waals surface area (Å²) < 4.78 is 0. The monoisotopic (exact) mass is 820 g/mol. The molecule has 7 rings (SSSR count). The number of hydrogen-bond acceptors (Lipinski definition) is 0. The van der Waals surface area contributed by atoms with Gasteiger partial charge in [-0.15, -0.1) is 0 Å². The Morgan fingerprint density at radius 3 is 2.02 bits per heavy atom. The molecule has 8 unspecified atom stereocenters. The van der Waals surface area contributed by atoms with Crippen LogP contribution >= 0.6 is 17.0 Å². The van der Waals surface area contributed by atoms with Gasteiger partial charge in [-0.2, -0.15) is 0 Å². The van der Waals surface area contributed by atoms with Gasteiger partial charge in [0.2, 0.25) is 0 Å². The second-order valence-electron chi connectivity index (χ2n) is 17.3. The van der Waals surface area contributed by atoms with E-state index in [4.69, 9.17) is 17.0 Å². The van der Waals surface area contributed by atoms with Gasteiger partial charge in [-0.3, -0.25) is 0 Å². The van der Waals surface area contributed by atoms with E-state index in [1.54, 1.807) is 22.3 Å². The normalized spacial score (nSPS) is 29.0. The molecule has 0 spiro atoms. The summed E-state index contributed by atoms with van der Waals surface area (Å²) in [4.78, 5) is 0. The van der Waals surface area contributed by atoms with Crippen LogP contribution in [0.3, 0.4) is 0 Å². The van der Waals surface area contributed by atoms with Crippen LogP contribution in [-0.2, 0) is 26.3 Å². The molecule has 0 saturated heterocycles. The molecule has 0 nitrogen and oxygen atoms in total. The van der Waals surface area contributed by atoms with E-state index in [-0.39, 0.29) is 20.3 Å². The van der Waals surface area contributed by atoms with Gasteiger partial charge in [0.15, 0.2) is 0 Å². The van der Waals surface area contributed by atoms with Gasteiger partial charge in [0.1, 0.15) is 0 Å². The zero-order valence-corrected chi connectivity index (χ0v) is 39.0. The first-order chi connectivity index (χ1) is 23.4. The van der Waals surface area contributed by atoms with Gasteiger partial charge >= 0.3 is 37.9 Å². The molecule has 0 aromatic heterocycles. The van der Waals surface area contributed by atoms with Crippen LogP contribution in [0, 0.1) is 56.3 Å². The molecule has 0 aliphatic heterocycles. The van der Waals surface area contributed by atoms with Crippen molar-refractivity contribution < 1.29 is 20.8 Å². The summed E-state index contributed by atoms with van der Waals surface area (Å²) in [5.41, 5.74) is 13.1. The molecule has 0 heterocycles. The molecule has 51 heavy (non-hydrogen) atoms. The minimum absolute atomic E-state index is 0. The molecule has 0 radical (unpaired) electrons. The van der Waals surface area contributed by atoms with Crippen LogP contribution in [0.2, 0.25) is 24.2 Å². The van der Waals surface area contributed by atoms with Gasteiger partial charge in [-0.05, 0) is 129 Å². The van der Waals surface area contributed by atoms with Crippen molar-refractivity contribution >= 4 is 36.2 Å². The van der Waals surface area contributed by atoms with Gasteiger partial charge in [0.25, 0.3) is 0 Å². The Morgan fingerprint density at radius 1 is 0.804 bits per heavy atom. The number of benzene rings is 2. The van der Waals surface area contributed by atoms with E-state index in [0.29, 0.717) is 17.8 Å². The molecule has 8 atom stereocenters. The molecule has 3 saturated carbocycles. The first-order valence-corrected chi connectivity index (χ1v) is 28.8. The van der Waals surface area contributed by atoms with E-state index in [0.717, 1.165) is 34.8 Å². The maximum atomic E-state index is 4.93. The van der Waals surface area contributed by atoms with Crippen molar-refractivity contribution in [3.05, 3.63) is 122 Å². The third-order valence-electron chi connectivity index (χ3n) is 13.1. The van der Waals surface area contributed by atoms with Crippen LogP contribution in [0.5, 0.6) is 0 Å². The summed E-state index contributed by atoms with van der Waals surface area (Å²) in [7, 11) is 8.14. The Hall–Kier alpha value is -0.920. The van der Waals surface area contributed by atoms with Gasteiger partial charge in [0, 0.05) is 0 Å². The Bertz CT molecular complexity index is 1540. The molecule has 2 aromatic rings. The average molecular weight is 823 g/mol. The molecule has 0 bridgehead atoms. The summed E-state index contributed by atoms with van der Waals surface area (Å²) in [6.07, 6.45) is 17.1. The van der Waals surface area contributed by atoms with E-state index >= 15 is 0 Å². The Morgan fingerprint density at radius 2 is 1.43 bits per heavy atom. The van der Waals surface area contributed by atoms with Gasteiger partial charge < -0.3 is 14.9 Å². The van der Waals surface area contributed by atoms with Crippen LogP contribution in [0.4, 0.5) is 0 Å². The standard InChI is InChI=1S/C43H56Si.C2H6.2CH3.2ClH.Zr/c1-27(2)36-26-37-33(29-20-22-32(23-21-29)43(4,5)6)17-13-19-35(37)42(36)44(7,8)41-28(3)24-38-39(41)25-31-16-12-18-34(31)40(38)30-14-10-9-11-15-30;1-2;;;;;/h9-11,13-15,17,19-23,25,27-28,35-39,41-42H,12,16,18,24,26H2,1-8H3;1-2H3;2*1H3;2*1H;/q;;2*-1;;;+4/p-2. The summed E-state index contributed by atoms with van der Waals surface area (Å²) in [6.45, 7) is 24.4. The Labute approximate surface area is 334 Å². The second-order valence-corrected chi connectivity index (χ2v) is 26.0. The van der Waals surface area contributed by atoms with Crippen LogP contribution in [0.1, 0.15) is 104 Å². The minimum atomic E-state index is -1.73. The van der Waals surface area contributed by atoms with Crippen molar-refractivity contribution in [2.24, 2.45) is 41.4 Å². The fourth-order valence-corrected chi connectivity index (χ4v) is 17.7. The van der Waals surface area contributed by atoms with Crippen molar-refractivity contribution in [2.45, 2.75) is 117 Å². The van der Waals surface area contributed by atoms with Crippen LogP contribution in [0.25, 0.3) is 11.1 Å². The number of halogens is 2. The molecule has 0 amide bonds. The van der Waals surface area contributed by atoms with Crippen molar-refractivity contribution in [3.8, 4) is 0 Å².